The number of aliphatic hydroxyl groups is 2. The fourth-order valence-corrected chi connectivity index (χ4v) is 6.40. The van der Waals surface area contributed by atoms with Crippen LogP contribution >= 0.6 is 0 Å². The maximum absolute atomic E-state index is 13.4. The van der Waals surface area contributed by atoms with Gasteiger partial charge >= 0.3 is 0 Å². The Hall–Kier alpha value is -7.00. The number of nitriles is 2. The summed E-state index contributed by atoms with van der Waals surface area (Å²) in [5.41, 5.74) is 8.48. The van der Waals surface area contributed by atoms with E-state index in [0.717, 1.165) is 33.6 Å². The van der Waals surface area contributed by atoms with E-state index >= 15 is 0 Å². The third kappa shape index (κ3) is 7.65. The van der Waals surface area contributed by atoms with E-state index in [4.69, 9.17) is 0 Å². The zero-order chi connectivity index (χ0) is 39.3. The molecule has 0 amide bonds. The summed E-state index contributed by atoms with van der Waals surface area (Å²) < 4.78 is 34.0. The molecule has 0 bridgehead atoms. The van der Waals surface area contributed by atoms with Crippen LogP contribution in [0.4, 0.5) is 8.78 Å². The molecule has 14 heteroatoms. The number of aromatic nitrogens is 8. The highest BCUT2D eigenvalue weighted by Crippen LogP contribution is 2.34. The number of aliphatic hydroxyl groups excluding tert-OH is 2. The number of rotatable bonds is 10. The molecule has 0 aliphatic carbocycles. The summed E-state index contributed by atoms with van der Waals surface area (Å²) in [6, 6.07) is 24.1. The van der Waals surface area contributed by atoms with Gasteiger partial charge in [-0.05, 0) is 92.6 Å². The van der Waals surface area contributed by atoms with Crippen LogP contribution in [-0.4, -0.2) is 60.3 Å². The van der Waals surface area contributed by atoms with Gasteiger partial charge < -0.3 is 19.3 Å². The third-order valence-electron chi connectivity index (χ3n) is 9.36. The molecule has 2 atom stereocenters. The maximum Gasteiger partial charge on any atom is 0.144 e. The second-order valence-electron chi connectivity index (χ2n) is 13.2. The van der Waals surface area contributed by atoms with Crippen molar-refractivity contribution in [2.24, 2.45) is 0 Å². The molecule has 0 spiro atoms. The van der Waals surface area contributed by atoms with Gasteiger partial charge in [0.25, 0.3) is 0 Å². The van der Waals surface area contributed by atoms with E-state index in [1.807, 2.05) is 52.7 Å². The first kappa shape index (κ1) is 37.3. The lowest BCUT2D eigenvalue weighted by molar-refractivity contribution is 0.150. The molecular weight excluding hydrogens is 715 g/mol. The van der Waals surface area contributed by atoms with Crippen LogP contribution in [0.5, 0.6) is 0 Å². The Morgan fingerprint density at radius 3 is 1.54 bits per heavy atom. The minimum Gasteiger partial charge on any atom is -0.393 e. The molecule has 8 aromatic rings. The van der Waals surface area contributed by atoms with E-state index in [1.165, 1.54) is 36.7 Å². The summed E-state index contributed by atoms with van der Waals surface area (Å²) in [7, 11) is 0. The van der Waals surface area contributed by atoms with Gasteiger partial charge in [-0.3, -0.25) is 8.80 Å². The van der Waals surface area contributed by atoms with Crippen LogP contribution in [0.1, 0.15) is 38.1 Å². The summed E-state index contributed by atoms with van der Waals surface area (Å²) in [6.45, 7) is 4.62. The predicted molar refractivity (Wildman–Crippen MR) is 206 cm³/mol. The van der Waals surface area contributed by atoms with Crippen molar-refractivity contribution in [1.29, 1.82) is 10.5 Å². The normalized spacial score (nSPS) is 12.2. The molecule has 2 aromatic carbocycles. The van der Waals surface area contributed by atoms with Crippen LogP contribution in [0.3, 0.4) is 0 Å². The van der Waals surface area contributed by atoms with E-state index in [1.54, 1.807) is 52.6 Å². The van der Waals surface area contributed by atoms with Gasteiger partial charge in [0.15, 0.2) is 0 Å². The van der Waals surface area contributed by atoms with Crippen molar-refractivity contribution in [3.05, 3.63) is 133 Å². The predicted octanol–water partition coefficient (Wildman–Crippen LogP) is 7.29. The minimum absolute atomic E-state index is 0.308. The third-order valence-corrected chi connectivity index (χ3v) is 9.36. The molecule has 0 aliphatic heterocycles. The Kier molecular flexibility index (Phi) is 10.8. The molecule has 0 aliphatic rings. The van der Waals surface area contributed by atoms with Crippen LogP contribution in [-0.2, 0) is 13.1 Å². The second-order valence-corrected chi connectivity index (χ2v) is 13.2. The van der Waals surface area contributed by atoms with Gasteiger partial charge in [0.2, 0.25) is 0 Å². The van der Waals surface area contributed by atoms with Crippen molar-refractivity contribution >= 4 is 11.3 Å². The zero-order valence-electron chi connectivity index (χ0n) is 30.5. The molecular formula is C42H36F2N10O2. The number of nitrogens with zero attached hydrogens (tertiary/aromatic N) is 10. The van der Waals surface area contributed by atoms with Crippen molar-refractivity contribution in [2.45, 2.75) is 52.0 Å². The number of imidazole rings is 4. The van der Waals surface area contributed by atoms with Crippen LogP contribution in [0.15, 0.2) is 110 Å². The van der Waals surface area contributed by atoms with Crippen molar-refractivity contribution < 1.29 is 19.0 Å². The molecule has 2 N–H and O–H groups in total. The number of hydrogen-bond donors (Lipinski definition) is 2. The minimum atomic E-state index is -0.513. The molecule has 6 aromatic heterocycles. The maximum atomic E-state index is 13.4. The molecule has 280 valence electrons. The Labute approximate surface area is 320 Å². The van der Waals surface area contributed by atoms with E-state index in [0.29, 0.717) is 60.0 Å². The van der Waals surface area contributed by atoms with Gasteiger partial charge in [0.1, 0.15) is 46.5 Å². The van der Waals surface area contributed by atoms with Crippen molar-refractivity contribution in [3.8, 4) is 57.2 Å². The number of hydrogen-bond acceptors (Lipinski definition) is 8. The van der Waals surface area contributed by atoms with Crippen molar-refractivity contribution in [3.63, 3.8) is 0 Å². The molecule has 56 heavy (non-hydrogen) atoms. The van der Waals surface area contributed by atoms with E-state index in [2.05, 4.69) is 32.1 Å². The summed E-state index contributed by atoms with van der Waals surface area (Å²) in [4.78, 5) is 17.5. The lowest BCUT2D eigenvalue weighted by Crippen LogP contribution is -2.15. The molecule has 8 rings (SSSR count). The quantitative estimate of drug-likeness (QED) is 0.148. The number of pyridine rings is 2. The van der Waals surface area contributed by atoms with Gasteiger partial charge in [-0.2, -0.15) is 10.5 Å². The van der Waals surface area contributed by atoms with E-state index < -0.39 is 12.2 Å². The molecule has 0 fully saturated rings. The Morgan fingerprint density at radius 2 is 1.09 bits per heavy atom. The van der Waals surface area contributed by atoms with Crippen LogP contribution in [0.25, 0.3) is 56.3 Å². The number of halogens is 2. The second kappa shape index (κ2) is 16.2. The fraction of sp³-hybridized carbons (Fsp3) is 0.190. The van der Waals surface area contributed by atoms with E-state index in [-0.39, 0.29) is 11.6 Å². The average Bonchev–Trinajstić information content (AvgIpc) is 4.02. The highest BCUT2D eigenvalue weighted by molar-refractivity contribution is 5.80. The highest BCUT2D eigenvalue weighted by atomic mass is 19.1. The Balaban J connectivity index is 0.000000172. The summed E-state index contributed by atoms with van der Waals surface area (Å²) in [6.07, 6.45) is 10.4. The summed E-state index contributed by atoms with van der Waals surface area (Å²) in [5, 5.41) is 38.5. The lowest BCUT2D eigenvalue weighted by atomic mass is 10.1. The highest BCUT2D eigenvalue weighted by Gasteiger charge is 2.19. The average molecular weight is 751 g/mol. The molecule has 0 radical (unpaired) electrons. The topological polar surface area (TPSA) is 158 Å². The van der Waals surface area contributed by atoms with Crippen molar-refractivity contribution in [1.82, 2.24) is 37.9 Å². The first-order chi connectivity index (χ1) is 27.2. The summed E-state index contributed by atoms with van der Waals surface area (Å²) in [5.74, 6) is -0.623. The first-order valence-corrected chi connectivity index (χ1v) is 17.9. The molecule has 12 nitrogen and oxygen atoms in total. The van der Waals surface area contributed by atoms with Crippen LogP contribution in [0.2, 0.25) is 0 Å². The molecule has 0 saturated heterocycles. The number of fused-ring (bicyclic) bond motifs is 2. The monoisotopic (exact) mass is 750 g/mol. The largest absolute Gasteiger partial charge is 0.393 e. The summed E-state index contributed by atoms with van der Waals surface area (Å²) >= 11 is 0. The standard InChI is InChI=1S/2C21H18FN5O/c1-14(28)8-9-26-13-25-20(15-2-5-17(22)6-3-15)21(26)16-4-7-19-24-11-18(10-23)27(19)12-16;1-2-18(28)12-26-13-25-20(14-3-6-16(22)7-4-14)21(26)15-5-8-19-24-10-17(9-23)27(19)11-15/h2-7,11-14,28H,8-9H2,1H3;3-8,10-11,13,18,28H,2,12H2,1H3. The zero-order valence-corrected chi connectivity index (χ0v) is 30.5. The fourth-order valence-electron chi connectivity index (χ4n) is 6.40. The Bertz CT molecular complexity index is 2710. The lowest BCUT2D eigenvalue weighted by Gasteiger charge is -2.14. The number of aryl methyl sites for hydroxylation is 1. The van der Waals surface area contributed by atoms with Crippen LogP contribution < -0.4 is 0 Å². The number of benzene rings is 2. The smallest absolute Gasteiger partial charge is 0.144 e. The molecule has 6 heterocycles. The molecule has 0 saturated carbocycles. The van der Waals surface area contributed by atoms with Gasteiger partial charge in [0.05, 0.1) is 66.6 Å². The SMILES string of the molecule is CC(O)CCn1cnc(-c2ccc(F)cc2)c1-c1ccc2ncc(C#N)n2c1.CCC(O)Cn1cnc(-c2ccc(F)cc2)c1-c1ccc2ncc(C#N)n2c1. The molecule has 2 unspecified atom stereocenters. The van der Waals surface area contributed by atoms with Crippen molar-refractivity contribution in [2.75, 3.05) is 0 Å². The Morgan fingerprint density at radius 1 is 0.643 bits per heavy atom. The first-order valence-electron chi connectivity index (χ1n) is 17.9. The van der Waals surface area contributed by atoms with Gasteiger partial charge in [-0.15, -0.1) is 0 Å². The van der Waals surface area contributed by atoms with Gasteiger partial charge in [0, 0.05) is 41.2 Å². The van der Waals surface area contributed by atoms with Gasteiger partial charge in [-0.25, -0.2) is 28.7 Å². The van der Waals surface area contributed by atoms with Gasteiger partial charge in [-0.1, -0.05) is 6.92 Å². The van der Waals surface area contributed by atoms with Crippen LogP contribution in [0, 0.1) is 34.3 Å². The van der Waals surface area contributed by atoms with E-state index in [9.17, 15) is 29.5 Å².